The second kappa shape index (κ2) is 10.3. The van der Waals surface area contributed by atoms with E-state index in [-0.39, 0.29) is 5.78 Å². The van der Waals surface area contributed by atoms with Crippen LogP contribution in [0.15, 0.2) is 106 Å². The number of thioether (sulfide) groups is 1. The Morgan fingerprint density at radius 1 is 0.912 bits per heavy atom. The third-order valence-corrected chi connectivity index (χ3v) is 7.64. The van der Waals surface area contributed by atoms with E-state index in [4.69, 9.17) is 11.6 Å². The van der Waals surface area contributed by atoms with Crippen molar-refractivity contribution >= 4 is 62.6 Å². The van der Waals surface area contributed by atoms with Crippen LogP contribution in [0.5, 0.6) is 0 Å². The van der Waals surface area contributed by atoms with E-state index in [1.807, 2.05) is 91.1 Å². The Kier molecular flexibility index (Phi) is 6.86. The lowest BCUT2D eigenvalue weighted by molar-refractivity contribution is 0.102. The van der Waals surface area contributed by atoms with E-state index in [1.54, 1.807) is 11.3 Å². The number of hydrogen-bond acceptors (Lipinski definition) is 5. The molecule has 34 heavy (non-hydrogen) atoms. The Labute approximate surface area is 211 Å². The van der Waals surface area contributed by atoms with Crippen LogP contribution in [0.2, 0.25) is 5.02 Å². The molecule has 0 fully saturated rings. The number of halogens is 1. The van der Waals surface area contributed by atoms with Gasteiger partial charge in [0.1, 0.15) is 0 Å². The molecule has 6 heteroatoms. The van der Waals surface area contributed by atoms with E-state index in [2.05, 4.69) is 22.1 Å². The van der Waals surface area contributed by atoms with E-state index in [0.29, 0.717) is 16.3 Å². The van der Waals surface area contributed by atoms with Gasteiger partial charge in [-0.05, 0) is 47.0 Å². The summed E-state index contributed by atoms with van der Waals surface area (Å²) in [5.74, 6) is 0.448. The van der Waals surface area contributed by atoms with Crippen LogP contribution in [0.4, 0.5) is 5.69 Å². The standard InChI is InChI=1S/C28H19ClN2OS2/c29-23-12-6-19(7-13-23)17-30-24-14-15-25-27(16-24)34-28(31-25)33-18-26(32)22-10-8-21(9-11-22)20-4-2-1-3-5-20/h1-17H,18H2. The smallest absolute Gasteiger partial charge is 0.173 e. The number of thiazole rings is 1. The zero-order valence-corrected chi connectivity index (χ0v) is 20.4. The monoisotopic (exact) mass is 498 g/mol. The fraction of sp³-hybridized carbons (Fsp3) is 0.0357. The van der Waals surface area contributed by atoms with Gasteiger partial charge in [0.2, 0.25) is 0 Å². The summed E-state index contributed by atoms with van der Waals surface area (Å²) in [5.41, 5.74) is 5.72. The molecule has 5 rings (SSSR count). The quantitative estimate of drug-likeness (QED) is 0.129. The third kappa shape index (κ3) is 5.45. The molecule has 0 amide bonds. The first-order chi connectivity index (χ1) is 16.6. The molecule has 0 saturated heterocycles. The van der Waals surface area contributed by atoms with Crippen LogP contribution in [0, 0.1) is 0 Å². The molecule has 0 saturated carbocycles. The zero-order chi connectivity index (χ0) is 23.3. The SMILES string of the molecule is O=C(CSc1nc2ccc(N=Cc3ccc(Cl)cc3)cc2s1)c1ccc(-c2ccccc2)cc1. The molecule has 0 aliphatic carbocycles. The van der Waals surface area contributed by atoms with Gasteiger partial charge in [0.05, 0.1) is 21.7 Å². The Balaban J connectivity index is 1.23. The lowest BCUT2D eigenvalue weighted by atomic mass is 10.0. The lowest BCUT2D eigenvalue weighted by Crippen LogP contribution is -2.01. The lowest BCUT2D eigenvalue weighted by Gasteiger charge is -2.03. The minimum absolute atomic E-state index is 0.0946. The topological polar surface area (TPSA) is 42.3 Å². The highest BCUT2D eigenvalue weighted by Crippen LogP contribution is 2.32. The van der Waals surface area contributed by atoms with Crippen molar-refractivity contribution < 1.29 is 4.79 Å². The van der Waals surface area contributed by atoms with E-state index in [1.165, 1.54) is 11.8 Å². The van der Waals surface area contributed by atoms with E-state index in [0.717, 1.165) is 36.9 Å². The summed E-state index contributed by atoms with van der Waals surface area (Å²) in [6, 6.07) is 31.4. The molecule has 3 nitrogen and oxygen atoms in total. The molecule has 0 aliphatic heterocycles. The normalized spacial score (nSPS) is 11.3. The number of carbonyl (C=O) groups excluding carboxylic acids is 1. The maximum Gasteiger partial charge on any atom is 0.173 e. The fourth-order valence-corrected chi connectivity index (χ4v) is 5.54. The summed E-state index contributed by atoms with van der Waals surface area (Å²) < 4.78 is 1.93. The summed E-state index contributed by atoms with van der Waals surface area (Å²) in [4.78, 5) is 21.9. The van der Waals surface area contributed by atoms with Gasteiger partial charge in [-0.3, -0.25) is 9.79 Å². The maximum absolute atomic E-state index is 12.7. The molecule has 1 heterocycles. The van der Waals surface area contributed by atoms with Crippen molar-refractivity contribution in [3.63, 3.8) is 0 Å². The largest absolute Gasteiger partial charge is 0.293 e. The first-order valence-electron chi connectivity index (χ1n) is 10.7. The fourth-order valence-electron chi connectivity index (χ4n) is 3.42. The highest BCUT2D eigenvalue weighted by molar-refractivity contribution is 8.01. The number of Topliss-reactive ketones (excluding diaryl/α,β-unsaturated/α-hetero) is 1. The number of nitrogens with zero attached hydrogens (tertiary/aromatic N) is 2. The van der Waals surface area contributed by atoms with E-state index >= 15 is 0 Å². The first-order valence-corrected chi connectivity index (χ1v) is 12.8. The average Bonchev–Trinajstić information content (AvgIpc) is 3.30. The zero-order valence-electron chi connectivity index (χ0n) is 18.0. The molecule has 166 valence electrons. The van der Waals surface area contributed by atoms with Crippen LogP contribution >= 0.6 is 34.7 Å². The van der Waals surface area contributed by atoms with Crippen LogP contribution in [0.3, 0.4) is 0 Å². The number of benzene rings is 4. The molecule has 0 radical (unpaired) electrons. The molecular formula is C28H19ClN2OS2. The van der Waals surface area contributed by atoms with Crippen molar-refractivity contribution in [3.05, 3.63) is 113 Å². The molecule has 0 spiro atoms. The number of fused-ring (bicyclic) bond motifs is 1. The number of carbonyl (C=O) groups is 1. The van der Waals surface area contributed by atoms with Gasteiger partial charge in [0.15, 0.2) is 10.1 Å². The summed E-state index contributed by atoms with van der Waals surface area (Å²) >= 11 is 8.99. The van der Waals surface area contributed by atoms with Crippen molar-refractivity contribution in [1.29, 1.82) is 0 Å². The Bertz CT molecular complexity index is 1460. The summed E-state index contributed by atoms with van der Waals surface area (Å²) in [6.07, 6.45) is 1.82. The van der Waals surface area contributed by atoms with Gasteiger partial charge < -0.3 is 0 Å². The number of aliphatic imine (C=N–C) groups is 1. The van der Waals surface area contributed by atoms with Crippen LogP contribution in [0.1, 0.15) is 15.9 Å². The molecule has 4 aromatic carbocycles. The molecule has 1 aromatic heterocycles. The number of ketones is 1. The van der Waals surface area contributed by atoms with Crippen LogP contribution in [-0.4, -0.2) is 22.7 Å². The minimum Gasteiger partial charge on any atom is -0.293 e. The van der Waals surface area contributed by atoms with Crippen molar-refractivity contribution in [2.45, 2.75) is 4.34 Å². The van der Waals surface area contributed by atoms with E-state index < -0.39 is 0 Å². The van der Waals surface area contributed by atoms with Gasteiger partial charge in [0.25, 0.3) is 0 Å². The van der Waals surface area contributed by atoms with Crippen molar-refractivity contribution in [2.75, 3.05) is 5.75 Å². The van der Waals surface area contributed by atoms with Gasteiger partial charge in [-0.2, -0.15) is 0 Å². The van der Waals surface area contributed by atoms with Crippen LogP contribution in [0.25, 0.3) is 21.3 Å². The number of rotatable bonds is 7. The molecule has 5 aromatic rings. The predicted molar refractivity (Wildman–Crippen MR) is 145 cm³/mol. The molecule has 0 bridgehead atoms. The third-order valence-electron chi connectivity index (χ3n) is 5.23. The molecule has 0 unspecified atom stereocenters. The van der Waals surface area contributed by atoms with Crippen molar-refractivity contribution in [3.8, 4) is 11.1 Å². The van der Waals surface area contributed by atoms with E-state index in [9.17, 15) is 4.79 Å². The first kappa shape index (κ1) is 22.5. The second-order valence-electron chi connectivity index (χ2n) is 7.60. The van der Waals surface area contributed by atoms with Crippen LogP contribution in [-0.2, 0) is 0 Å². The maximum atomic E-state index is 12.7. The van der Waals surface area contributed by atoms with Gasteiger partial charge in [-0.15, -0.1) is 11.3 Å². The Morgan fingerprint density at radius 2 is 1.65 bits per heavy atom. The minimum atomic E-state index is 0.0946. The summed E-state index contributed by atoms with van der Waals surface area (Å²) in [7, 11) is 0. The predicted octanol–water partition coefficient (Wildman–Crippen LogP) is 8.34. The van der Waals surface area contributed by atoms with Crippen molar-refractivity contribution in [2.24, 2.45) is 4.99 Å². The Hall–Kier alpha value is -3.25. The Morgan fingerprint density at radius 3 is 2.41 bits per heavy atom. The molecule has 0 atom stereocenters. The van der Waals surface area contributed by atoms with Crippen molar-refractivity contribution in [1.82, 2.24) is 4.98 Å². The van der Waals surface area contributed by atoms with Gasteiger partial charge in [0, 0.05) is 16.8 Å². The molecule has 0 N–H and O–H groups in total. The average molecular weight is 499 g/mol. The summed E-state index contributed by atoms with van der Waals surface area (Å²) in [5, 5.41) is 0.705. The summed E-state index contributed by atoms with van der Waals surface area (Å²) in [6.45, 7) is 0. The van der Waals surface area contributed by atoms with Gasteiger partial charge in [-0.25, -0.2) is 4.98 Å². The molecular weight excluding hydrogens is 480 g/mol. The molecule has 0 aliphatic rings. The van der Waals surface area contributed by atoms with Gasteiger partial charge >= 0.3 is 0 Å². The highest BCUT2D eigenvalue weighted by atomic mass is 35.5. The number of aromatic nitrogens is 1. The van der Waals surface area contributed by atoms with Gasteiger partial charge in [-0.1, -0.05) is 90.1 Å². The van der Waals surface area contributed by atoms with Crippen LogP contribution < -0.4 is 0 Å². The second-order valence-corrected chi connectivity index (χ2v) is 10.3. The number of hydrogen-bond donors (Lipinski definition) is 0. The highest BCUT2D eigenvalue weighted by Gasteiger charge is 2.11.